The van der Waals surface area contributed by atoms with Crippen LogP contribution < -0.4 is 5.32 Å². The number of benzene rings is 1. The van der Waals surface area contributed by atoms with Crippen molar-refractivity contribution in [1.29, 1.82) is 0 Å². The van der Waals surface area contributed by atoms with Crippen LogP contribution in [0.15, 0.2) is 30.5 Å². The number of aromatic nitrogens is 3. The molecule has 0 fully saturated rings. The Bertz CT molecular complexity index is 883. The summed E-state index contributed by atoms with van der Waals surface area (Å²) in [6.45, 7) is 3.74. The van der Waals surface area contributed by atoms with Crippen LogP contribution in [0.1, 0.15) is 21.6 Å². The van der Waals surface area contributed by atoms with E-state index in [4.69, 9.17) is 0 Å². The van der Waals surface area contributed by atoms with Crippen LogP contribution in [0.3, 0.4) is 0 Å². The minimum atomic E-state index is -0.375. The molecular formula is C16H16N4O2. The van der Waals surface area contributed by atoms with Gasteiger partial charge >= 0.3 is 0 Å². The molecular weight excluding hydrogens is 280 g/mol. The Hall–Kier alpha value is -2.89. The maximum atomic E-state index is 12.3. The van der Waals surface area contributed by atoms with Crippen LogP contribution in [0.5, 0.6) is 5.75 Å². The molecule has 0 atom stereocenters. The number of rotatable bonds is 2. The molecule has 6 heteroatoms. The SMILES string of the molecule is Cc1ccc(C(=O)Nc2cnc3c(c2)c(C)nn3C)c(O)c1. The number of nitrogens with zero attached hydrogens (tertiary/aromatic N) is 3. The van der Waals surface area contributed by atoms with Crippen molar-refractivity contribution in [3.8, 4) is 5.75 Å². The highest BCUT2D eigenvalue weighted by molar-refractivity contribution is 6.06. The summed E-state index contributed by atoms with van der Waals surface area (Å²) in [5, 5.41) is 17.8. The van der Waals surface area contributed by atoms with Gasteiger partial charge in [-0.1, -0.05) is 6.07 Å². The van der Waals surface area contributed by atoms with E-state index in [1.54, 1.807) is 29.1 Å². The van der Waals surface area contributed by atoms with Crippen LogP contribution >= 0.6 is 0 Å². The number of fused-ring (bicyclic) bond motifs is 1. The molecule has 0 radical (unpaired) electrons. The highest BCUT2D eigenvalue weighted by Gasteiger charge is 2.13. The number of amides is 1. The smallest absolute Gasteiger partial charge is 0.259 e. The van der Waals surface area contributed by atoms with Crippen LogP contribution in [-0.4, -0.2) is 25.8 Å². The van der Waals surface area contributed by atoms with Gasteiger partial charge in [0, 0.05) is 12.4 Å². The fourth-order valence-corrected chi connectivity index (χ4v) is 2.41. The first-order chi connectivity index (χ1) is 10.5. The minimum absolute atomic E-state index is 0.0379. The predicted molar refractivity (Wildman–Crippen MR) is 84.0 cm³/mol. The summed E-state index contributed by atoms with van der Waals surface area (Å²) in [5.41, 5.74) is 3.29. The molecule has 112 valence electrons. The molecule has 0 aliphatic rings. The summed E-state index contributed by atoms with van der Waals surface area (Å²) in [5.74, 6) is -0.413. The Labute approximate surface area is 127 Å². The highest BCUT2D eigenvalue weighted by Crippen LogP contribution is 2.22. The van der Waals surface area contributed by atoms with E-state index in [1.165, 1.54) is 0 Å². The fourth-order valence-electron chi connectivity index (χ4n) is 2.41. The summed E-state index contributed by atoms with van der Waals surface area (Å²) in [6.07, 6.45) is 1.58. The molecule has 0 bridgehead atoms. The summed E-state index contributed by atoms with van der Waals surface area (Å²) in [4.78, 5) is 16.6. The van der Waals surface area contributed by atoms with E-state index < -0.39 is 0 Å². The zero-order valence-corrected chi connectivity index (χ0v) is 12.6. The average Bonchev–Trinajstić information content (AvgIpc) is 2.73. The average molecular weight is 296 g/mol. The normalized spacial score (nSPS) is 10.9. The Morgan fingerprint density at radius 3 is 2.77 bits per heavy atom. The molecule has 3 aromatic rings. The summed E-state index contributed by atoms with van der Waals surface area (Å²) in [6, 6.07) is 6.76. The molecule has 2 heterocycles. The second-order valence-corrected chi connectivity index (χ2v) is 5.28. The summed E-state index contributed by atoms with van der Waals surface area (Å²) < 4.78 is 1.70. The van der Waals surface area contributed by atoms with E-state index in [-0.39, 0.29) is 17.2 Å². The van der Waals surface area contributed by atoms with E-state index in [0.29, 0.717) is 5.69 Å². The third-order valence-electron chi connectivity index (χ3n) is 3.52. The van der Waals surface area contributed by atoms with E-state index in [0.717, 1.165) is 22.3 Å². The number of phenols is 1. The third kappa shape index (κ3) is 2.39. The van der Waals surface area contributed by atoms with Crippen molar-refractivity contribution >= 4 is 22.6 Å². The standard InChI is InChI=1S/C16H16N4O2/c1-9-4-5-12(14(21)6-9)16(22)18-11-7-13-10(2)19-20(3)15(13)17-8-11/h4-8,21H,1-3H3,(H,18,22). The van der Waals surface area contributed by atoms with Gasteiger partial charge in [-0.3, -0.25) is 9.48 Å². The van der Waals surface area contributed by atoms with E-state index >= 15 is 0 Å². The van der Waals surface area contributed by atoms with Crippen LogP contribution in [0.2, 0.25) is 0 Å². The Morgan fingerprint density at radius 2 is 2.05 bits per heavy atom. The van der Waals surface area contributed by atoms with Gasteiger partial charge in [0.15, 0.2) is 5.65 Å². The van der Waals surface area contributed by atoms with Crippen molar-refractivity contribution in [3.63, 3.8) is 0 Å². The number of carbonyl (C=O) groups excluding carboxylic acids is 1. The van der Waals surface area contributed by atoms with Gasteiger partial charge in [0.1, 0.15) is 5.75 Å². The monoisotopic (exact) mass is 296 g/mol. The van der Waals surface area contributed by atoms with Crippen molar-refractivity contribution in [1.82, 2.24) is 14.8 Å². The van der Waals surface area contributed by atoms with Crippen LogP contribution in [-0.2, 0) is 7.05 Å². The number of anilines is 1. The molecule has 0 aliphatic carbocycles. The third-order valence-corrected chi connectivity index (χ3v) is 3.52. The largest absolute Gasteiger partial charge is 0.507 e. The van der Waals surface area contributed by atoms with Crippen LogP contribution in [0.4, 0.5) is 5.69 Å². The molecule has 0 spiro atoms. The second kappa shape index (κ2) is 5.14. The van der Waals surface area contributed by atoms with Gasteiger partial charge in [-0.2, -0.15) is 5.10 Å². The molecule has 1 amide bonds. The zero-order chi connectivity index (χ0) is 15.9. The molecule has 0 unspecified atom stereocenters. The lowest BCUT2D eigenvalue weighted by molar-refractivity contribution is 0.102. The maximum absolute atomic E-state index is 12.3. The van der Waals surface area contributed by atoms with Crippen molar-refractivity contribution < 1.29 is 9.90 Å². The van der Waals surface area contributed by atoms with Gasteiger partial charge in [-0.05, 0) is 37.6 Å². The number of carbonyl (C=O) groups is 1. The number of pyridine rings is 1. The molecule has 3 rings (SSSR count). The summed E-state index contributed by atoms with van der Waals surface area (Å²) in [7, 11) is 1.82. The maximum Gasteiger partial charge on any atom is 0.259 e. The predicted octanol–water partition coefficient (Wildman–Crippen LogP) is 2.54. The molecule has 0 saturated heterocycles. The molecule has 1 aromatic carbocycles. The van der Waals surface area contributed by atoms with Gasteiger partial charge in [0.25, 0.3) is 5.91 Å². The fraction of sp³-hybridized carbons (Fsp3) is 0.188. The molecule has 2 aromatic heterocycles. The lowest BCUT2D eigenvalue weighted by atomic mass is 10.1. The topological polar surface area (TPSA) is 80.0 Å². The van der Waals surface area contributed by atoms with Crippen LogP contribution in [0.25, 0.3) is 11.0 Å². The van der Waals surface area contributed by atoms with Crippen molar-refractivity contribution in [2.24, 2.45) is 7.05 Å². The number of aryl methyl sites for hydroxylation is 3. The number of phenolic OH excluding ortho intramolecular Hbond substituents is 1. The molecule has 0 saturated carbocycles. The first-order valence-electron chi connectivity index (χ1n) is 6.86. The first kappa shape index (κ1) is 14.1. The molecule has 2 N–H and O–H groups in total. The van der Waals surface area contributed by atoms with Crippen molar-refractivity contribution in [2.45, 2.75) is 13.8 Å². The van der Waals surface area contributed by atoms with Crippen molar-refractivity contribution in [2.75, 3.05) is 5.32 Å². The molecule has 6 nitrogen and oxygen atoms in total. The van der Waals surface area contributed by atoms with E-state index in [9.17, 15) is 9.90 Å². The van der Waals surface area contributed by atoms with Gasteiger partial charge in [-0.25, -0.2) is 4.98 Å². The van der Waals surface area contributed by atoms with Gasteiger partial charge in [0.05, 0.1) is 23.1 Å². The Balaban J connectivity index is 1.92. The first-order valence-corrected chi connectivity index (χ1v) is 6.86. The van der Waals surface area contributed by atoms with Crippen LogP contribution in [0, 0.1) is 13.8 Å². The Morgan fingerprint density at radius 1 is 1.27 bits per heavy atom. The van der Waals surface area contributed by atoms with E-state index in [2.05, 4.69) is 15.4 Å². The minimum Gasteiger partial charge on any atom is -0.507 e. The molecule has 0 aliphatic heterocycles. The van der Waals surface area contributed by atoms with Gasteiger partial charge < -0.3 is 10.4 Å². The lowest BCUT2D eigenvalue weighted by Gasteiger charge is -2.07. The lowest BCUT2D eigenvalue weighted by Crippen LogP contribution is -2.12. The number of aromatic hydroxyl groups is 1. The molecule has 22 heavy (non-hydrogen) atoms. The van der Waals surface area contributed by atoms with E-state index in [1.807, 2.05) is 27.0 Å². The Kier molecular flexibility index (Phi) is 3.29. The highest BCUT2D eigenvalue weighted by atomic mass is 16.3. The van der Waals surface area contributed by atoms with Crippen molar-refractivity contribution in [3.05, 3.63) is 47.3 Å². The van der Waals surface area contributed by atoms with Gasteiger partial charge in [-0.15, -0.1) is 0 Å². The second-order valence-electron chi connectivity index (χ2n) is 5.28. The number of nitrogens with one attached hydrogen (secondary N) is 1. The quantitative estimate of drug-likeness (QED) is 0.761. The zero-order valence-electron chi connectivity index (χ0n) is 12.6. The summed E-state index contributed by atoms with van der Waals surface area (Å²) >= 11 is 0. The number of hydrogen-bond donors (Lipinski definition) is 2. The van der Waals surface area contributed by atoms with Gasteiger partial charge in [0.2, 0.25) is 0 Å². The number of hydrogen-bond acceptors (Lipinski definition) is 4.